The van der Waals surface area contributed by atoms with Gasteiger partial charge in [-0.25, -0.2) is 9.98 Å². The van der Waals surface area contributed by atoms with E-state index < -0.39 is 0 Å². The molecular weight excluding hydrogens is 431 g/mol. The molecule has 2 heterocycles. The Balaban J connectivity index is 0.00000312. The maximum absolute atomic E-state index is 11.4. The van der Waals surface area contributed by atoms with Crippen LogP contribution >= 0.6 is 24.0 Å². The number of halogens is 1. The second-order valence-corrected chi connectivity index (χ2v) is 6.04. The molecule has 0 aromatic carbocycles. The number of carbonyl (C=O) groups excluding carboxylic acids is 1. The zero-order valence-electron chi connectivity index (χ0n) is 15.5. The summed E-state index contributed by atoms with van der Waals surface area (Å²) in [6, 6.07) is 5.99. The standard InChI is InChI=1S/C17H28N6O.HI/c1-5-18-17(23-11-9-22(10-12-23)14(2)24)19-13-15-7-6-8-16(20-15)21(3)4;/h6-8H,5,9-13H2,1-4H3,(H,18,19);1H. The van der Waals surface area contributed by atoms with Crippen molar-refractivity contribution in [3.05, 3.63) is 23.9 Å². The summed E-state index contributed by atoms with van der Waals surface area (Å²) in [4.78, 5) is 26.8. The Labute approximate surface area is 167 Å². The summed E-state index contributed by atoms with van der Waals surface area (Å²) in [6.45, 7) is 8.13. The summed E-state index contributed by atoms with van der Waals surface area (Å²) in [5, 5.41) is 3.34. The lowest BCUT2D eigenvalue weighted by molar-refractivity contribution is -0.130. The SMILES string of the molecule is CCNC(=NCc1cccc(N(C)C)n1)N1CCN(C(C)=O)CC1.I. The average molecular weight is 460 g/mol. The minimum atomic E-state index is 0. The molecule has 140 valence electrons. The lowest BCUT2D eigenvalue weighted by atomic mass is 10.3. The fourth-order valence-electron chi connectivity index (χ4n) is 2.62. The Kier molecular flexibility index (Phi) is 8.95. The molecule has 0 saturated carbocycles. The number of pyridine rings is 1. The van der Waals surface area contributed by atoms with E-state index in [0.29, 0.717) is 6.54 Å². The number of hydrogen-bond acceptors (Lipinski definition) is 4. The molecule has 25 heavy (non-hydrogen) atoms. The summed E-state index contributed by atoms with van der Waals surface area (Å²) in [5.74, 6) is 1.96. The van der Waals surface area contributed by atoms with Gasteiger partial charge in [-0.3, -0.25) is 4.79 Å². The molecule has 0 atom stereocenters. The highest BCUT2D eigenvalue weighted by Crippen LogP contribution is 2.09. The third kappa shape index (κ3) is 6.33. The van der Waals surface area contributed by atoms with Crippen LogP contribution in [0.3, 0.4) is 0 Å². The quantitative estimate of drug-likeness (QED) is 0.418. The van der Waals surface area contributed by atoms with Gasteiger partial charge in [-0.2, -0.15) is 0 Å². The molecule has 0 radical (unpaired) electrons. The molecule has 0 unspecified atom stereocenters. The molecule has 0 bridgehead atoms. The summed E-state index contributed by atoms with van der Waals surface area (Å²) in [6.07, 6.45) is 0. The van der Waals surface area contributed by atoms with Crippen LogP contribution < -0.4 is 10.2 Å². The molecule has 1 fully saturated rings. The Morgan fingerprint density at radius 2 is 1.88 bits per heavy atom. The molecule has 1 amide bonds. The third-order valence-electron chi connectivity index (χ3n) is 4.00. The van der Waals surface area contributed by atoms with Crippen molar-refractivity contribution in [2.24, 2.45) is 4.99 Å². The Bertz CT molecular complexity index is 584. The van der Waals surface area contributed by atoms with Crippen molar-refractivity contribution in [1.82, 2.24) is 20.1 Å². The lowest BCUT2D eigenvalue weighted by Crippen LogP contribution is -2.53. The maximum atomic E-state index is 11.4. The van der Waals surface area contributed by atoms with Crippen LogP contribution in [0.2, 0.25) is 0 Å². The molecule has 1 saturated heterocycles. The number of rotatable bonds is 4. The van der Waals surface area contributed by atoms with Crippen LogP contribution in [0.25, 0.3) is 0 Å². The van der Waals surface area contributed by atoms with Crippen molar-refractivity contribution >= 4 is 41.7 Å². The number of piperazine rings is 1. The number of aromatic nitrogens is 1. The van der Waals surface area contributed by atoms with Gasteiger partial charge >= 0.3 is 0 Å². The first kappa shape index (κ1) is 21.5. The molecular formula is C17H29IN6O. The maximum Gasteiger partial charge on any atom is 0.219 e. The molecule has 1 N–H and O–H groups in total. The van der Waals surface area contributed by atoms with Gasteiger partial charge in [-0.1, -0.05) is 6.07 Å². The Morgan fingerprint density at radius 3 is 2.44 bits per heavy atom. The van der Waals surface area contributed by atoms with E-state index in [1.807, 2.05) is 42.1 Å². The predicted octanol–water partition coefficient (Wildman–Crippen LogP) is 1.40. The molecule has 0 aliphatic carbocycles. The smallest absolute Gasteiger partial charge is 0.219 e. The number of amides is 1. The molecule has 0 spiro atoms. The van der Waals surface area contributed by atoms with Crippen molar-refractivity contribution in [3.8, 4) is 0 Å². The van der Waals surface area contributed by atoms with Crippen molar-refractivity contribution < 1.29 is 4.79 Å². The summed E-state index contributed by atoms with van der Waals surface area (Å²) < 4.78 is 0. The molecule has 1 aromatic heterocycles. The van der Waals surface area contributed by atoms with Crippen molar-refractivity contribution in [2.75, 3.05) is 51.7 Å². The molecule has 2 rings (SSSR count). The van der Waals surface area contributed by atoms with Crippen molar-refractivity contribution in [1.29, 1.82) is 0 Å². The largest absolute Gasteiger partial charge is 0.363 e. The molecule has 7 nitrogen and oxygen atoms in total. The number of nitrogens with zero attached hydrogens (tertiary/aromatic N) is 5. The van der Waals surface area contributed by atoms with Gasteiger partial charge in [0.1, 0.15) is 5.82 Å². The van der Waals surface area contributed by atoms with Gasteiger partial charge in [0.2, 0.25) is 5.91 Å². The average Bonchev–Trinajstić information content (AvgIpc) is 2.59. The van der Waals surface area contributed by atoms with Gasteiger partial charge < -0.3 is 20.0 Å². The highest BCUT2D eigenvalue weighted by Gasteiger charge is 2.20. The third-order valence-corrected chi connectivity index (χ3v) is 4.00. The van der Waals surface area contributed by atoms with E-state index in [0.717, 1.165) is 50.2 Å². The van der Waals surface area contributed by atoms with Crippen LogP contribution in [-0.2, 0) is 11.3 Å². The number of aliphatic imine (C=N–C) groups is 1. The van der Waals surface area contributed by atoms with E-state index in [2.05, 4.69) is 22.1 Å². The minimum absolute atomic E-state index is 0. The highest BCUT2D eigenvalue weighted by molar-refractivity contribution is 14.0. The van der Waals surface area contributed by atoms with Crippen LogP contribution in [0.4, 0.5) is 5.82 Å². The molecule has 1 aliphatic rings. The van der Waals surface area contributed by atoms with E-state index in [1.165, 1.54) is 0 Å². The molecule has 1 aromatic rings. The first-order valence-electron chi connectivity index (χ1n) is 8.43. The first-order valence-corrected chi connectivity index (χ1v) is 8.43. The monoisotopic (exact) mass is 460 g/mol. The van der Waals surface area contributed by atoms with E-state index >= 15 is 0 Å². The van der Waals surface area contributed by atoms with Crippen LogP contribution in [0.15, 0.2) is 23.2 Å². The van der Waals surface area contributed by atoms with E-state index in [1.54, 1.807) is 6.92 Å². The van der Waals surface area contributed by atoms with Gasteiger partial charge in [0.15, 0.2) is 5.96 Å². The lowest BCUT2D eigenvalue weighted by Gasteiger charge is -2.36. The van der Waals surface area contributed by atoms with Crippen LogP contribution in [0.5, 0.6) is 0 Å². The van der Waals surface area contributed by atoms with Gasteiger partial charge in [0, 0.05) is 53.7 Å². The van der Waals surface area contributed by atoms with Crippen LogP contribution in [-0.4, -0.2) is 73.5 Å². The number of guanidine groups is 1. The zero-order chi connectivity index (χ0) is 17.5. The Hall–Kier alpha value is -1.58. The number of nitrogens with one attached hydrogen (secondary N) is 1. The topological polar surface area (TPSA) is 64.1 Å². The molecule has 8 heteroatoms. The van der Waals surface area contributed by atoms with E-state index in [-0.39, 0.29) is 29.9 Å². The van der Waals surface area contributed by atoms with Crippen LogP contribution in [0.1, 0.15) is 19.5 Å². The second-order valence-electron chi connectivity index (χ2n) is 6.04. The number of anilines is 1. The fourth-order valence-corrected chi connectivity index (χ4v) is 2.62. The van der Waals surface area contributed by atoms with E-state index in [9.17, 15) is 4.79 Å². The fraction of sp³-hybridized carbons (Fsp3) is 0.588. The second kappa shape index (κ2) is 10.4. The summed E-state index contributed by atoms with van der Waals surface area (Å²) in [7, 11) is 3.96. The van der Waals surface area contributed by atoms with Gasteiger partial charge in [0.05, 0.1) is 12.2 Å². The zero-order valence-corrected chi connectivity index (χ0v) is 17.9. The normalized spacial score (nSPS) is 14.8. The first-order chi connectivity index (χ1) is 11.5. The van der Waals surface area contributed by atoms with Gasteiger partial charge in [-0.15, -0.1) is 24.0 Å². The van der Waals surface area contributed by atoms with Crippen LogP contribution in [0, 0.1) is 0 Å². The summed E-state index contributed by atoms with van der Waals surface area (Å²) in [5.41, 5.74) is 0.943. The summed E-state index contributed by atoms with van der Waals surface area (Å²) >= 11 is 0. The van der Waals surface area contributed by atoms with Crippen molar-refractivity contribution in [2.45, 2.75) is 20.4 Å². The highest BCUT2D eigenvalue weighted by atomic mass is 127. The van der Waals surface area contributed by atoms with Crippen molar-refractivity contribution in [3.63, 3.8) is 0 Å². The van der Waals surface area contributed by atoms with E-state index in [4.69, 9.17) is 4.99 Å². The number of carbonyl (C=O) groups is 1. The van der Waals surface area contributed by atoms with Gasteiger partial charge in [0.25, 0.3) is 0 Å². The predicted molar refractivity (Wildman–Crippen MR) is 113 cm³/mol. The minimum Gasteiger partial charge on any atom is -0.363 e. The Morgan fingerprint density at radius 1 is 1.24 bits per heavy atom. The number of hydrogen-bond donors (Lipinski definition) is 1. The van der Waals surface area contributed by atoms with Gasteiger partial charge in [-0.05, 0) is 19.1 Å². The molecule has 1 aliphatic heterocycles.